The zero-order valence-corrected chi connectivity index (χ0v) is 18.9. The van der Waals surface area contributed by atoms with Crippen LogP contribution in [0, 0.1) is 5.41 Å². The second-order valence-electron chi connectivity index (χ2n) is 8.39. The van der Waals surface area contributed by atoms with Gasteiger partial charge in [0.1, 0.15) is 18.4 Å². The lowest BCUT2D eigenvalue weighted by Gasteiger charge is -2.42. The van der Waals surface area contributed by atoms with Crippen molar-refractivity contribution < 1.29 is 35.8 Å². The molecule has 1 fully saturated rings. The first-order valence-corrected chi connectivity index (χ1v) is 11.7. The molecule has 1 saturated heterocycles. The molecule has 180 valence electrons. The minimum Gasteiger partial charge on any atom is -0.487 e. The number of nitrogens with one attached hydrogen (secondary N) is 1. The standard InChI is InChI=1S/C24H22F3NO5S/c1-24(13-32-14-24)21(23(30)31)28-22(29)19-11-8-16-4-2-3-5-18(16)20(19)33-12-15-6-9-17(10-7-15)34(25,26)27/h2-11,21H,12-14H2,1H3,(H,28,29)(H,30,31). The normalized spacial score (nSPS) is 16.4. The fourth-order valence-corrected chi connectivity index (χ4v) is 4.25. The van der Waals surface area contributed by atoms with Crippen molar-refractivity contribution in [2.24, 2.45) is 5.41 Å². The molecule has 0 radical (unpaired) electrons. The number of ether oxygens (including phenoxy) is 2. The summed E-state index contributed by atoms with van der Waals surface area (Å²) in [5.41, 5.74) is -0.110. The number of carboxylic acid groups (broad SMARTS) is 1. The molecule has 0 spiro atoms. The van der Waals surface area contributed by atoms with Gasteiger partial charge in [-0.1, -0.05) is 49.4 Å². The number of hydrogen-bond acceptors (Lipinski definition) is 4. The van der Waals surface area contributed by atoms with E-state index < -0.39 is 39.4 Å². The van der Waals surface area contributed by atoms with Crippen molar-refractivity contribution in [2.75, 3.05) is 13.2 Å². The third-order valence-corrected chi connectivity index (χ3v) is 6.59. The monoisotopic (exact) mass is 493 g/mol. The fraction of sp³-hybridized carbons (Fsp3) is 0.250. The summed E-state index contributed by atoms with van der Waals surface area (Å²) in [6.07, 6.45) is 0. The lowest BCUT2D eigenvalue weighted by atomic mass is 9.80. The van der Waals surface area contributed by atoms with Crippen LogP contribution in [-0.4, -0.2) is 36.2 Å². The quantitative estimate of drug-likeness (QED) is 0.436. The summed E-state index contributed by atoms with van der Waals surface area (Å²) in [7, 11) is 0. The molecule has 6 nitrogen and oxygen atoms in total. The second-order valence-corrected chi connectivity index (χ2v) is 9.68. The van der Waals surface area contributed by atoms with Gasteiger partial charge in [0.25, 0.3) is 5.91 Å². The molecule has 0 saturated carbocycles. The molecular weight excluding hydrogens is 471 g/mol. The highest BCUT2D eigenvalue weighted by Gasteiger charge is 2.46. The van der Waals surface area contributed by atoms with Gasteiger partial charge in [-0.2, -0.15) is 0 Å². The molecule has 0 bridgehead atoms. The van der Waals surface area contributed by atoms with Gasteiger partial charge in [-0.25, -0.2) is 4.79 Å². The van der Waals surface area contributed by atoms with E-state index in [4.69, 9.17) is 9.47 Å². The highest BCUT2D eigenvalue weighted by molar-refractivity contribution is 8.20. The molecule has 1 heterocycles. The highest BCUT2D eigenvalue weighted by Crippen LogP contribution is 2.60. The van der Waals surface area contributed by atoms with E-state index in [0.717, 1.165) is 17.5 Å². The summed E-state index contributed by atoms with van der Waals surface area (Å²) in [5, 5.41) is 13.7. The number of halogens is 3. The molecule has 1 amide bonds. The number of hydrogen-bond donors (Lipinski definition) is 2. The second kappa shape index (κ2) is 9.19. The van der Waals surface area contributed by atoms with E-state index in [0.29, 0.717) is 10.9 Å². The van der Waals surface area contributed by atoms with E-state index in [1.807, 2.05) is 12.1 Å². The van der Waals surface area contributed by atoms with Crippen molar-refractivity contribution in [3.8, 4) is 5.75 Å². The largest absolute Gasteiger partial charge is 0.487 e. The topological polar surface area (TPSA) is 84.9 Å². The minimum atomic E-state index is -5.31. The smallest absolute Gasteiger partial charge is 0.326 e. The van der Waals surface area contributed by atoms with Gasteiger partial charge >= 0.3 is 5.97 Å². The van der Waals surface area contributed by atoms with E-state index in [1.54, 1.807) is 31.2 Å². The van der Waals surface area contributed by atoms with Crippen LogP contribution in [0.4, 0.5) is 11.7 Å². The molecule has 1 aliphatic heterocycles. The predicted molar refractivity (Wildman–Crippen MR) is 122 cm³/mol. The van der Waals surface area contributed by atoms with E-state index >= 15 is 0 Å². The fourth-order valence-electron chi connectivity index (χ4n) is 3.81. The molecule has 3 aromatic rings. The lowest BCUT2D eigenvalue weighted by Crippen LogP contribution is -2.59. The van der Waals surface area contributed by atoms with Gasteiger partial charge in [0.2, 0.25) is 11.2 Å². The molecule has 1 unspecified atom stereocenters. The van der Waals surface area contributed by atoms with Crippen LogP contribution in [0.25, 0.3) is 10.8 Å². The Balaban J connectivity index is 1.63. The summed E-state index contributed by atoms with van der Waals surface area (Å²) < 4.78 is 49.8. The zero-order valence-electron chi connectivity index (χ0n) is 18.1. The Hall–Kier alpha value is -3.24. The van der Waals surface area contributed by atoms with Crippen molar-refractivity contribution in [1.82, 2.24) is 5.32 Å². The summed E-state index contributed by atoms with van der Waals surface area (Å²) in [5.74, 6) is -1.58. The van der Waals surface area contributed by atoms with Gasteiger partial charge in [-0.05, 0) is 29.1 Å². The van der Waals surface area contributed by atoms with Crippen LogP contribution in [0.2, 0.25) is 0 Å². The maximum absolute atomic E-state index is 13.2. The van der Waals surface area contributed by atoms with Crippen LogP contribution >= 0.6 is 11.2 Å². The van der Waals surface area contributed by atoms with Crippen molar-refractivity contribution in [3.05, 3.63) is 71.8 Å². The number of rotatable bonds is 8. The van der Waals surface area contributed by atoms with Gasteiger partial charge < -0.3 is 19.9 Å². The van der Waals surface area contributed by atoms with Gasteiger partial charge in [0, 0.05) is 10.8 Å². The van der Waals surface area contributed by atoms with Crippen molar-refractivity contribution in [3.63, 3.8) is 0 Å². The number of benzene rings is 3. The van der Waals surface area contributed by atoms with Crippen molar-refractivity contribution in [2.45, 2.75) is 24.5 Å². The van der Waals surface area contributed by atoms with Crippen LogP contribution in [0.15, 0.2) is 65.6 Å². The zero-order chi connectivity index (χ0) is 24.5. The van der Waals surface area contributed by atoms with Gasteiger partial charge in [-0.3, -0.25) is 4.79 Å². The molecule has 34 heavy (non-hydrogen) atoms. The molecule has 0 aliphatic carbocycles. The van der Waals surface area contributed by atoms with E-state index in [-0.39, 0.29) is 31.1 Å². The summed E-state index contributed by atoms with van der Waals surface area (Å²) >= 11 is -5.31. The average Bonchev–Trinajstić information content (AvgIpc) is 2.78. The molecule has 4 rings (SSSR count). The van der Waals surface area contributed by atoms with E-state index in [9.17, 15) is 26.4 Å². The van der Waals surface area contributed by atoms with E-state index in [2.05, 4.69) is 5.32 Å². The van der Waals surface area contributed by atoms with Crippen LogP contribution < -0.4 is 10.1 Å². The Morgan fingerprint density at radius 1 is 1.09 bits per heavy atom. The molecule has 10 heteroatoms. The molecule has 0 aromatic heterocycles. The highest BCUT2D eigenvalue weighted by atomic mass is 32.3. The van der Waals surface area contributed by atoms with Crippen LogP contribution in [-0.2, 0) is 16.1 Å². The number of carbonyl (C=O) groups is 2. The molecule has 1 aliphatic rings. The Labute approximate surface area is 195 Å². The van der Waals surface area contributed by atoms with Crippen LogP contribution in [0.1, 0.15) is 22.8 Å². The first-order valence-electron chi connectivity index (χ1n) is 10.4. The van der Waals surface area contributed by atoms with E-state index in [1.165, 1.54) is 12.1 Å². The molecular formula is C24H22F3NO5S. The Morgan fingerprint density at radius 2 is 1.76 bits per heavy atom. The first-order chi connectivity index (χ1) is 16.1. The third-order valence-electron chi connectivity index (χ3n) is 5.78. The number of aliphatic carboxylic acids is 1. The first kappa shape index (κ1) is 23.9. The third kappa shape index (κ3) is 4.83. The summed E-state index contributed by atoms with van der Waals surface area (Å²) in [6.45, 7) is 2.07. The van der Waals surface area contributed by atoms with Crippen LogP contribution in [0.3, 0.4) is 0 Å². The number of carbonyl (C=O) groups excluding carboxylic acids is 1. The van der Waals surface area contributed by atoms with Gasteiger partial charge in [0.05, 0.1) is 23.7 Å². The predicted octanol–water partition coefficient (Wildman–Crippen LogP) is 5.46. The molecule has 1 atom stereocenters. The Morgan fingerprint density at radius 3 is 2.35 bits per heavy atom. The summed E-state index contributed by atoms with van der Waals surface area (Å²) in [4.78, 5) is 24.3. The van der Waals surface area contributed by atoms with Crippen LogP contribution in [0.5, 0.6) is 5.75 Å². The minimum absolute atomic E-state index is 0.0737. The number of carboxylic acids is 1. The van der Waals surface area contributed by atoms with Crippen molar-refractivity contribution >= 4 is 33.8 Å². The molecule has 3 aromatic carbocycles. The lowest BCUT2D eigenvalue weighted by molar-refractivity contribution is -0.160. The Kier molecular flexibility index (Phi) is 6.46. The number of amides is 1. The maximum Gasteiger partial charge on any atom is 0.326 e. The maximum atomic E-state index is 13.2. The molecule has 2 N–H and O–H groups in total. The average molecular weight is 494 g/mol. The SMILES string of the molecule is CC1(C(NC(=O)c2ccc3ccccc3c2OCc2ccc(S(F)(F)F)cc2)C(=O)O)COC1. The van der Waals surface area contributed by atoms with Gasteiger partial charge in [-0.15, -0.1) is 11.7 Å². The van der Waals surface area contributed by atoms with Gasteiger partial charge in [0.15, 0.2) is 0 Å². The van der Waals surface area contributed by atoms with Crippen molar-refractivity contribution in [1.29, 1.82) is 0 Å². The number of fused-ring (bicyclic) bond motifs is 1. The summed E-state index contributed by atoms with van der Waals surface area (Å²) in [6, 6.07) is 14.0. The Bertz CT molecular complexity index is 1230.